The first-order valence-electron chi connectivity index (χ1n) is 5.69. The zero-order valence-electron chi connectivity index (χ0n) is 10.6. The van der Waals surface area contributed by atoms with Crippen LogP contribution in [0.2, 0.25) is 0 Å². The second kappa shape index (κ2) is 5.39. The van der Waals surface area contributed by atoms with Crippen LogP contribution >= 0.6 is 0 Å². The molecule has 0 saturated carbocycles. The summed E-state index contributed by atoms with van der Waals surface area (Å²) in [4.78, 5) is 16.8. The van der Waals surface area contributed by atoms with Crippen molar-refractivity contribution < 1.29 is 4.74 Å². The van der Waals surface area contributed by atoms with Crippen molar-refractivity contribution in [1.82, 2.24) is 19.9 Å². The van der Waals surface area contributed by atoms with Gasteiger partial charge in [0.25, 0.3) is 0 Å². The predicted octanol–water partition coefficient (Wildman–Crippen LogP) is 1.68. The molecular formula is C12H15N5O. The third-order valence-corrected chi connectivity index (χ3v) is 2.30. The Labute approximate surface area is 105 Å². The van der Waals surface area contributed by atoms with E-state index in [0.717, 1.165) is 23.6 Å². The monoisotopic (exact) mass is 245 g/mol. The van der Waals surface area contributed by atoms with Gasteiger partial charge in [-0.15, -0.1) is 0 Å². The SMILES string of the molecule is CCNc1cc(-c2cnc(OC)nc2)nc(C)n1. The molecule has 0 unspecified atom stereocenters. The van der Waals surface area contributed by atoms with Crippen molar-refractivity contribution in [3.8, 4) is 17.3 Å². The van der Waals surface area contributed by atoms with Crippen molar-refractivity contribution in [3.63, 3.8) is 0 Å². The molecule has 0 aliphatic heterocycles. The quantitative estimate of drug-likeness (QED) is 0.883. The minimum atomic E-state index is 0.344. The van der Waals surface area contributed by atoms with Gasteiger partial charge in [-0.05, 0) is 13.8 Å². The molecular weight excluding hydrogens is 230 g/mol. The fourth-order valence-electron chi connectivity index (χ4n) is 1.54. The molecule has 0 spiro atoms. The highest BCUT2D eigenvalue weighted by Gasteiger charge is 2.05. The highest BCUT2D eigenvalue weighted by atomic mass is 16.5. The topological polar surface area (TPSA) is 72.8 Å². The molecule has 2 rings (SSSR count). The van der Waals surface area contributed by atoms with Crippen LogP contribution in [0.4, 0.5) is 5.82 Å². The van der Waals surface area contributed by atoms with Crippen LogP contribution < -0.4 is 10.1 Å². The van der Waals surface area contributed by atoms with Crippen LogP contribution in [-0.2, 0) is 0 Å². The molecule has 0 aromatic carbocycles. The minimum absolute atomic E-state index is 0.344. The van der Waals surface area contributed by atoms with Crippen LogP contribution in [0.5, 0.6) is 6.01 Å². The van der Waals surface area contributed by atoms with E-state index in [1.54, 1.807) is 12.4 Å². The highest BCUT2D eigenvalue weighted by Crippen LogP contribution is 2.19. The molecule has 0 atom stereocenters. The predicted molar refractivity (Wildman–Crippen MR) is 68.5 cm³/mol. The van der Waals surface area contributed by atoms with E-state index >= 15 is 0 Å². The molecule has 6 nitrogen and oxygen atoms in total. The van der Waals surface area contributed by atoms with Gasteiger partial charge in [0.2, 0.25) is 0 Å². The summed E-state index contributed by atoms with van der Waals surface area (Å²) in [6, 6.07) is 2.22. The lowest BCUT2D eigenvalue weighted by molar-refractivity contribution is 0.380. The van der Waals surface area contributed by atoms with Gasteiger partial charge in [-0.1, -0.05) is 0 Å². The normalized spacial score (nSPS) is 10.2. The standard InChI is InChI=1S/C12H15N5O/c1-4-13-11-5-10(16-8(2)17-11)9-6-14-12(18-3)15-7-9/h5-7H,4H2,1-3H3,(H,13,16,17). The van der Waals surface area contributed by atoms with Gasteiger partial charge >= 0.3 is 6.01 Å². The number of aromatic nitrogens is 4. The molecule has 0 radical (unpaired) electrons. The van der Waals surface area contributed by atoms with Crippen LogP contribution in [0.3, 0.4) is 0 Å². The number of methoxy groups -OCH3 is 1. The zero-order chi connectivity index (χ0) is 13.0. The first-order chi connectivity index (χ1) is 8.72. The lowest BCUT2D eigenvalue weighted by atomic mass is 10.2. The van der Waals surface area contributed by atoms with Crippen molar-refractivity contribution in [3.05, 3.63) is 24.3 Å². The van der Waals surface area contributed by atoms with E-state index in [-0.39, 0.29) is 0 Å². The maximum atomic E-state index is 4.92. The summed E-state index contributed by atoms with van der Waals surface area (Å²) < 4.78 is 4.92. The van der Waals surface area contributed by atoms with Crippen LogP contribution in [0.25, 0.3) is 11.3 Å². The average Bonchev–Trinajstić information content (AvgIpc) is 2.38. The largest absolute Gasteiger partial charge is 0.467 e. The van der Waals surface area contributed by atoms with E-state index in [0.29, 0.717) is 11.8 Å². The van der Waals surface area contributed by atoms with Gasteiger partial charge < -0.3 is 10.1 Å². The van der Waals surface area contributed by atoms with Crippen LogP contribution in [0.15, 0.2) is 18.5 Å². The van der Waals surface area contributed by atoms with Crippen molar-refractivity contribution in [2.45, 2.75) is 13.8 Å². The van der Waals surface area contributed by atoms with Crippen molar-refractivity contribution in [2.75, 3.05) is 19.0 Å². The molecule has 94 valence electrons. The molecule has 2 aromatic rings. The van der Waals surface area contributed by atoms with E-state index < -0.39 is 0 Å². The Hall–Kier alpha value is -2.24. The molecule has 0 aliphatic rings. The van der Waals surface area contributed by atoms with E-state index in [4.69, 9.17) is 4.74 Å². The minimum Gasteiger partial charge on any atom is -0.467 e. The Morgan fingerprint density at radius 1 is 1.22 bits per heavy atom. The van der Waals surface area contributed by atoms with Crippen molar-refractivity contribution in [2.24, 2.45) is 0 Å². The Morgan fingerprint density at radius 3 is 2.56 bits per heavy atom. The van der Waals surface area contributed by atoms with E-state index in [1.807, 2.05) is 19.9 Å². The third kappa shape index (κ3) is 2.71. The van der Waals surface area contributed by atoms with Gasteiger partial charge in [0.05, 0.1) is 12.8 Å². The Balaban J connectivity index is 2.36. The number of nitrogens with zero attached hydrogens (tertiary/aromatic N) is 4. The first-order valence-corrected chi connectivity index (χ1v) is 5.69. The number of nitrogens with one attached hydrogen (secondary N) is 1. The second-order valence-corrected chi connectivity index (χ2v) is 3.67. The molecule has 2 heterocycles. The summed E-state index contributed by atoms with van der Waals surface area (Å²) in [5.41, 5.74) is 1.63. The Kier molecular flexibility index (Phi) is 3.66. The first kappa shape index (κ1) is 12.2. The van der Waals surface area contributed by atoms with Gasteiger partial charge in [0, 0.05) is 30.6 Å². The van der Waals surface area contributed by atoms with E-state index in [9.17, 15) is 0 Å². The number of hydrogen-bond acceptors (Lipinski definition) is 6. The summed E-state index contributed by atoms with van der Waals surface area (Å²) in [6.45, 7) is 4.69. The summed E-state index contributed by atoms with van der Waals surface area (Å²) >= 11 is 0. The second-order valence-electron chi connectivity index (χ2n) is 3.67. The molecule has 1 N–H and O–H groups in total. The smallest absolute Gasteiger partial charge is 0.316 e. The van der Waals surface area contributed by atoms with E-state index in [2.05, 4.69) is 25.3 Å². The average molecular weight is 245 g/mol. The molecule has 6 heteroatoms. The van der Waals surface area contributed by atoms with Gasteiger partial charge in [-0.25, -0.2) is 19.9 Å². The molecule has 0 fully saturated rings. The lowest BCUT2D eigenvalue weighted by Gasteiger charge is -2.06. The highest BCUT2D eigenvalue weighted by molar-refractivity contribution is 5.60. The molecule has 18 heavy (non-hydrogen) atoms. The summed E-state index contributed by atoms with van der Waals surface area (Å²) in [7, 11) is 1.53. The van der Waals surface area contributed by atoms with Crippen LogP contribution in [-0.4, -0.2) is 33.6 Å². The number of aryl methyl sites for hydroxylation is 1. The van der Waals surface area contributed by atoms with Gasteiger partial charge in [0.1, 0.15) is 11.6 Å². The Bertz CT molecular complexity index is 526. The number of ether oxygens (including phenoxy) is 1. The van der Waals surface area contributed by atoms with Crippen molar-refractivity contribution in [1.29, 1.82) is 0 Å². The molecule has 0 aliphatic carbocycles. The number of rotatable bonds is 4. The molecule has 2 aromatic heterocycles. The summed E-state index contributed by atoms with van der Waals surface area (Å²) in [5, 5.41) is 3.16. The van der Waals surface area contributed by atoms with E-state index in [1.165, 1.54) is 7.11 Å². The third-order valence-electron chi connectivity index (χ3n) is 2.30. The van der Waals surface area contributed by atoms with Crippen molar-refractivity contribution >= 4 is 5.82 Å². The number of hydrogen-bond donors (Lipinski definition) is 1. The molecule has 0 bridgehead atoms. The van der Waals surface area contributed by atoms with Gasteiger partial charge in [-0.3, -0.25) is 0 Å². The fourth-order valence-corrected chi connectivity index (χ4v) is 1.54. The maximum Gasteiger partial charge on any atom is 0.316 e. The zero-order valence-corrected chi connectivity index (χ0v) is 10.6. The van der Waals surface area contributed by atoms with Gasteiger partial charge in [-0.2, -0.15) is 0 Å². The lowest BCUT2D eigenvalue weighted by Crippen LogP contribution is -2.02. The maximum absolute atomic E-state index is 4.92. The van der Waals surface area contributed by atoms with Crippen LogP contribution in [0, 0.1) is 6.92 Å². The summed E-state index contributed by atoms with van der Waals surface area (Å²) in [5.74, 6) is 1.51. The Morgan fingerprint density at radius 2 is 1.94 bits per heavy atom. The van der Waals surface area contributed by atoms with Gasteiger partial charge in [0.15, 0.2) is 0 Å². The molecule has 0 saturated heterocycles. The fraction of sp³-hybridized carbons (Fsp3) is 0.333. The number of anilines is 1. The molecule has 0 amide bonds. The summed E-state index contributed by atoms with van der Waals surface area (Å²) in [6.07, 6.45) is 3.37. The van der Waals surface area contributed by atoms with Crippen LogP contribution in [0.1, 0.15) is 12.7 Å².